The second-order valence-electron chi connectivity index (χ2n) is 5.12. The molecule has 3 rings (SSSR count). The van der Waals surface area contributed by atoms with Gasteiger partial charge in [-0.1, -0.05) is 0 Å². The molecule has 21 heavy (non-hydrogen) atoms. The first-order valence-electron chi connectivity index (χ1n) is 6.72. The van der Waals surface area contributed by atoms with E-state index in [1.54, 1.807) is 24.5 Å². The van der Waals surface area contributed by atoms with E-state index in [0.29, 0.717) is 11.5 Å². The second kappa shape index (κ2) is 5.03. The molecule has 3 heterocycles. The smallest absolute Gasteiger partial charge is 0.182 e. The lowest BCUT2D eigenvalue weighted by Gasteiger charge is -2.15. The van der Waals surface area contributed by atoms with Crippen LogP contribution in [0.3, 0.4) is 0 Å². The van der Waals surface area contributed by atoms with E-state index in [9.17, 15) is 8.42 Å². The Labute approximate surface area is 123 Å². The lowest BCUT2D eigenvalue weighted by molar-refractivity contribution is 0.602. The van der Waals surface area contributed by atoms with Crippen LogP contribution in [-0.2, 0) is 9.84 Å². The average molecular weight is 307 g/mol. The first-order chi connectivity index (χ1) is 9.98. The Morgan fingerprint density at radius 3 is 2.38 bits per heavy atom. The number of pyridine rings is 1. The third-order valence-electron chi connectivity index (χ3n) is 3.54. The molecule has 2 N–H and O–H groups in total. The van der Waals surface area contributed by atoms with Gasteiger partial charge in [0.15, 0.2) is 20.6 Å². The van der Waals surface area contributed by atoms with Gasteiger partial charge < -0.3 is 10.6 Å². The van der Waals surface area contributed by atoms with Gasteiger partial charge in [-0.05, 0) is 25.0 Å². The summed E-state index contributed by atoms with van der Waals surface area (Å²) in [5, 5.41) is 4.44. The zero-order valence-corrected chi connectivity index (χ0v) is 12.5. The highest BCUT2D eigenvalue weighted by atomic mass is 32.2. The normalized spacial score (nSPS) is 15.6. The molecule has 0 amide bonds. The number of nitrogens with two attached hydrogens (primary N) is 1. The van der Waals surface area contributed by atoms with Gasteiger partial charge in [-0.2, -0.15) is 0 Å². The molecule has 0 bridgehead atoms. The molecule has 112 valence electrons. The van der Waals surface area contributed by atoms with E-state index in [2.05, 4.69) is 10.1 Å². The van der Waals surface area contributed by atoms with E-state index in [4.69, 9.17) is 5.73 Å². The Balaban J connectivity index is 2.20. The predicted octanol–water partition coefficient (Wildman–Crippen LogP) is 0.853. The van der Waals surface area contributed by atoms with E-state index in [1.165, 1.54) is 4.68 Å². The molecule has 1 fully saturated rings. The number of nitrogen functional groups attached to an aromatic ring is 1. The Morgan fingerprint density at radius 1 is 1.19 bits per heavy atom. The fourth-order valence-electron chi connectivity index (χ4n) is 2.58. The number of rotatable bonds is 3. The number of anilines is 2. The van der Waals surface area contributed by atoms with Gasteiger partial charge in [-0.15, -0.1) is 5.10 Å². The molecule has 0 saturated carbocycles. The topological polar surface area (TPSA) is 94.1 Å². The second-order valence-corrected chi connectivity index (χ2v) is 7.07. The van der Waals surface area contributed by atoms with Crippen LogP contribution in [-0.4, -0.2) is 42.5 Å². The number of sulfone groups is 1. The summed E-state index contributed by atoms with van der Waals surface area (Å²) in [6, 6.07) is 3.48. The highest BCUT2D eigenvalue weighted by Crippen LogP contribution is 2.33. The molecule has 8 heteroatoms. The highest BCUT2D eigenvalue weighted by molar-refractivity contribution is 7.91. The molecular weight excluding hydrogens is 290 g/mol. The number of aromatic nitrogens is 3. The first kappa shape index (κ1) is 13.9. The molecule has 0 spiro atoms. The van der Waals surface area contributed by atoms with Gasteiger partial charge in [0.05, 0.1) is 5.69 Å². The molecule has 0 atom stereocenters. The third-order valence-corrected chi connectivity index (χ3v) is 4.68. The molecule has 2 aromatic heterocycles. The van der Waals surface area contributed by atoms with E-state index in [1.807, 2.05) is 4.90 Å². The fraction of sp³-hybridized carbons (Fsp3) is 0.385. The maximum absolute atomic E-state index is 12.1. The maximum atomic E-state index is 12.1. The molecule has 0 unspecified atom stereocenters. The molecule has 1 aliphatic heterocycles. The van der Waals surface area contributed by atoms with Crippen LogP contribution in [0.5, 0.6) is 0 Å². The fourth-order valence-corrected chi connectivity index (χ4v) is 3.55. The van der Waals surface area contributed by atoms with Crippen LogP contribution in [0, 0.1) is 0 Å². The van der Waals surface area contributed by atoms with Gasteiger partial charge in [-0.25, -0.2) is 13.1 Å². The van der Waals surface area contributed by atoms with Crippen molar-refractivity contribution in [2.75, 3.05) is 30.0 Å². The predicted molar refractivity (Wildman–Crippen MR) is 80.3 cm³/mol. The quantitative estimate of drug-likeness (QED) is 0.903. The van der Waals surface area contributed by atoms with E-state index >= 15 is 0 Å². The van der Waals surface area contributed by atoms with Crippen molar-refractivity contribution in [2.45, 2.75) is 17.7 Å². The Morgan fingerprint density at radius 2 is 1.81 bits per heavy atom. The summed E-state index contributed by atoms with van der Waals surface area (Å²) in [4.78, 5) is 6.03. The molecule has 0 aromatic carbocycles. The van der Waals surface area contributed by atoms with Crippen LogP contribution < -0.4 is 10.6 Å². The number of hydrogen-bond donors (Lipinski definition) is 1. The molecule has 1 saturated heterocycles. The molecule has 0 aliphatic carbocycles. The SMILES string of the molecule is CS(=O)(=O)c1c(N2CCCC2)nn(-c2ccncc2)c1N. The lowest BCUT2D eigenvalue weighted by Crippen LogP contribution is -2.20. The van der Waals surface area contributed by atoms with Gasteiger partial charge in [0.1, 0.15) is 5.82 Å². The van der Waals surface area contributed by atoms with Crippen LogP contribution in [0.2, 0.25) is 0 Å². The Hall–Kier alpha value is -2.09. The maximum Gasteiger partial charge on any atom is 0.182 e. The van der Waals surface area contributed by atoms with Crippen LogP contribution in [0.25, 0.3) is 5.69 Å². The summed E-state index contributed by atoms with van der Waals surface area (Å²) in [6.07, 6.45) is 6.46. The Kier molecular flexibility index (Phi) is 3.32. The number of nitrogens with zero attached hydrogens (tertiary/aromatic N) is 4. The molecule has 1 aliphatic rings. The molecule has 0 radical (unpaired) electrons. The van der Waals surface area contributed by atoms with E-state index in [-0.39, 0.29) is 10.7 Å². The zero-order valence-electron chi connectivity index (χ0n) is 11.7. The van der Waals surface area contributed by atoms with Crippen LogP contribution >= 0.6 is 0 Å². The summed E-state index contributed by atoms with van der Waals surface area (Å²) in [5.74, 6) is 0.593. The summed E-state index contributed by atoms with van der Waals surface area (Å²) in [7, 11) is -3.45. The number of hydrogen-bond acceptors (Lipinski definition) is 6. The first-order valence-corrected chi connectivity index (χ1v) is 8.61. The largest absolute Gasteiger partial charge is 0.382 e. The average Bonchev–Trinajstić information content (AvgIpc) is 3.05. The molecule has 2 aromatic rings. The molecule has 7 nitrogen and oxygen atoms in total. The Bertz CT molecular complexity index is 748. The van der Waals surface area contributed by atoms with Crippen molar-refractivity contribution >= 4 is 21.5 Å². The lowest BCUT2D eigenvalue weighted by atomic mass is 10.4. The summed E-state index contributed by atoms with van der Waals surface area (Å²) in [5.41, 5.74) is 6.76. The van der Waals surface area contributed by atoms with Crippen LogP contribution in [0.1, 0.15) is 12.8 Å². The van der Waals surface area contributed by atoms with Gasteiger partial charge in [0, 0.05) is 31.7 Å². The summed E-state index contributed by atoms with van der Waals surface area (Å²) < 4.78 is 25.7. The summed E-state index contributed by atoms with van der Waals surface area (Å²) >= 11 is 0. The monoisotopic (exact) mass is 307 g/mol. The minimum atomic E-state index is -3.45. The van der Waals surface area contributed by atoms with Crippen LogP contribution in [0.4, 0.5) is 11.6 Å². The summed E-state index contributed by atoms with van der Waals surface area (Å²) in [6.45, 7) is 1.60. The minimum Gasteiger partial charge on any atom is -0.382 e. The van der Waals surface area contributed by atoms with Gasteiger partial charge in [0.25, 0.3) is 0 Å². The third kappa shape index (κ3) is 2.46. The van der Waals surface area contributed by atoms with Crippen molar-refractivity contribution in [3.63, 3.8) is 0 Å². The molecular formula is C13H17N5O2S. The van der Waals surface area contributed by atoms with Gasteiger partial charge in [0.2, 0.25) is 0 Å². The van der Waals surface area contributed by atoms with Gasteiger partial charge >= 0.3 is 0 Å². The van der Waals surface area contributed by atoms with Crippen molar-refractivity contribution in [3.8, 4) is 5.69 Å². The van der Waals surface area contributed by atoms with E-state index < -0.39 is 9.84 Å². The van der Waals surface area contributed by atoms with Crippen molar-refractivity contribution in [2.24, 2.45) is 0 Å². The van der Waals surface area contributed by atoms with Crippen LogP contribution in [0.15, 0.2) is 29.4 Å². The van der Waals surface area contributed by atoms with E-state index in [0.717, 1.165) is 32.2 Å². The van der Waals surface area contributed by atoms with Crippen molar-refractivity contribution in [3.05, 3.63) is 24.5 Å². The zero-order chi connectivity index (χ0) is 15.0. The van der Waals surface area contributed by atoms with Gasteiger partial charge in [-0.3, -0.25) is 4.98 Å². The van der Waals surface area contributed by atoms with Crippen molar-refractivity contribution in [1.82, 2.24) is 14.8 Å². The van der Waals surface area contributed by atoms with Crippen molar-refractivity contribution in [1.29, 1.82) is 0 Å². The minimum absolute atomic E-state index is 0.112. The standard InChI is InChI=1S/C13H17N5O2S/c1-21(19,20)11-12(14)18(10-4-6-15-7-5-10)16-13(11)17-8-2-3-9-17/h4-7H,2-3,8-9,14H2,1H3. The highest BCUT2D eigenvalue weighted by Gasteiger charge is 2.29. The van der Waals surface area contributed by atoms with Crippen molar-refractivity contribution < 1.29 is 8.42 Å².